The van der Waals surface area contributed by atoms with Gasteiger partial charge in [-0.05, 0) is 43.9 Å². The average molecular weight is 282 g/mol. The van der Waals surface area contributed by atoms with Gasteiger partial charge in [0.25, 0.3) is 0 Å². The molecule has 0 amide bonds. The van der Waals surface area contributed by atoms with Gasteiger partial charge < -0.3 is 10.1 Å². The quantitative estimate of drug-likeness (QED) is 0.779. The van der Waals surface area contributed by atoms with Crippen LogP contribution in [0.2, 0.25) is 5.15 Å². The Kier molecular flexibility index (Phi) is 3.63. The van der Waals surface area contributed by atoms with Gasteiger partial charge in [0, 0.05) is 19.2 Å². The summed E-state index contributed by atoms with van der Waals surface area (Å²) in [4.78, 5) is 8.62. The molecule has 0 radical (unpaired) electrons. The van der Waals surface area contributed by atoms with E-state index in [1.54, 1.807) is 6.07 Å². The van der Waals surface area contributed by atoms with Gasteiger partial charge in [-0.2, -0.15) is 0 Å². The van der Waals surface area contributed by atoms with E-state index in [1.165, 1.54) is 25.7 Å². The molecule has 0 aromatic carbocycles. The molecule has 0 unspecified atom stereocenters. The minimum absolute atomic E-state index is 0.416. The Bertz CT molecular complexity index is 458. The number of hydrogen-bond acceptors (Lipinski definition) is 4. The Hall–Kier alpha value is -0.870. The van der Waals surface area contributed by atoms with Crippen LogP contribution in [0.25, 0.3) is 0 Å². The molecule has 4 nitrogen and oxygen atoms in total. The predicted molar refractivity (Wildman–Crippen MR) is 75.3 cm³/mol. The van der Waals surface area contributed by atoms with Gasteiger partial charge in [-0.3, -0.25) is 0 Å². The number of rotatable bonds is 7. The van der Waals surface area contributed by atoms with Gasteiger partial charge in [-0.25, -0.2) is 9.97 Å². The molecule has 2 saturated carbocycles. The minimum Gasteiger partial charge on any atom is -0.374 e. The zero-order chi connectivity index (χ0) is 13.3. The Morgan fingerprint density at radius 1 is 1.42 bits per heavy atom. The van der Waals surface area contributed by atoms with E-state index in [0.29, 0.717) is 29.6 Å². The summed E-state index contributed by atoms with van der Waals surface area (Å²) in [5.41, 5.74) is 0.553. The summed E-state index contributed by atoms with van der Waals surface area (Å²) in [6.07, 6.45) is 5.52. The molecule has 5 heteroatoms. The van der Waals surface area contributed by atoms with E-state index in [-0.39, 0.29) is 0 Å². The van der Waals surface area contributed by atoms with Crippen LogP contribution in [0.5, 0.6) is 0 Å². The molecule has 2 aliphatic carbocycles. The van der Waals surface area contributed by atoms with Crippen LogP contribution in [0, 0.1) is 11.3 Å². The molecule has 19 heavy (non-hydrogen) atoms. The summed E-state index contributed by atoms with van der Waals surface area (Å²) in [6, 6.07) is 1.79. The highest BCUT2D eigenvalue weighted by atomic mass is 35.5. The second kappa shape index (κ2) is 5.25. The van der Waals surface area contributed by atoms with E-state index < -0.39 is 0 Å². The molecule has 0 atom stereocenters. The first-order valence-electron chi connectivity index (χ1n) is 7.07. The first-order valence-corrected chi connectivity index (χ1v) is 7.45. The van der Waals surface area contributed by atoms with Crippen molar-refractivity contribution in [1.82, 2.24) is 9.97 Å². The maximum absolute atomic E-state index is 6.02. The van der Waals surface area contributed by atoms with Crippen molar-refractivity contribution in [3.63, 3.8) is 0 Å². The van der Waals surface area contributed by atoms with Gasteiger partial charge in [0.2, 0.25) is 0 Å². The average Bonchev–Trinajstić information content (AvgIpc) is 3.26. The van der Waals surface area contributed by atoms with Crippen molar-refractivity contribution in [2.75, 3.05) is 18.5 Å². The largest absolute Gasteiger partial charge is 0.374 e. The van der Waals surface area contributed by atoms with Gasteiger partial charge in [0.1, 0.15) is 17.6 Å². The van der Waals surface area contributed by atoms with Gasteiger partial charge in [-0.15, -0.1) is 0 Å². The van der Waals surface area contributed by atoms with Crippen molar-refractivity contribution >= 4 is 17.4 Å². The first kappa shape index (κ1) is 13.1. The van der Waals surface area contributed by atoms with Crippen LogP contribution in [0.4, 0.5) is 5.82 Å². The summed E-state index contributed by atoms with van der Waals surface area (Å²) in [7, 11) is 0. The highest BCUT2D eigenvalue weighted by Crippen LogP contribution is 2.61. The molecule has 0 bridgehead atoms. The van der Waals surface area contributed by atoms with Crippen molar-refractivity contribution in [2.24, 2.45) is 11.3 Å². The van der Waals surface area contributed by atoms with E-state index in [0.717, 1.165) is 18.3 Å². The van der Waals surface area contributed by atoms with Crippen molar-refractivity contribution in [2.45, 2.75) is 39.2 Å². The van der Waals surface area contributed by atoms with E-state index in [1.807, 2.05) is 6.92 Å². The van der Waals surface area contributed by atoms with Crippen LogP contribution in [0.15, 0.2) is 6.07 Å². The van der Waals surface area contributed by atoms with Crippen LogP contribution in [0.3, 0.4) is 0 Å². The van der Waals surface area contributed by atoms with E-state index >= 15 is 0 Å². The van der Waals surface area contributed by atoms with Crippen molar-refractivity contribution in [1.29, 1.82) is 0 Å². The predicted octanol–water partition coefficient (Wildman–Crippen LogP) is 3.27. The Morgan fingerprint density at radius 3 is 2.84 bits per heavy atom. The number of nitrogens with one attached hydrogen (secondary N) is 1. The molecule has 1 N–H and O–H groups in total. The third kappa shape index (κ3) is 3.18. The third-order valence-electron chi connectivity index (χ3n) is 4.13. The fourth-order valence-electron chi connectivity index (χ4n) is 2.67. The fraction of sp³-hybridized carbons (Fsp3) is 0.714. The van der Waals surface area contributed by atoms with Crippen molar-refractivity contribution < 1.29 is 4.74 Å². The fourth-order valence-corrected chi connectivity index (χ4v) is 2.87. The number of anilines is 1. The number of ether oxygens (including phenoxy) is 1. The number of aromatic nitrogens is 2. The van der Waals surface area contributed by atoms with Gasteiger partial charge in [0.15, 0.2) is 5.82 Å². The van der Waals surface area contributed by atoms with Crippen molar-refractivity contribution in [3.05, 3.63) is 17.0 Å². The first-order chi connectivity index (χ1) is 9.22. The molecule has 2 aliphatic rings. The maximum atomic E-state index is 6.02. The lowest BCUT2D eigenvalue weighted by Gasteiger charge is -2.15. The molecule has 1 aromatic rings. The SMILES string of the molecule is CCOCc1nc(Cl)cc(NCC2(C3CC3)CC2)n1. The lowest BCUT2D eigenvalue weighted by atomic mass is 10.0. The maximum Gasteiger partial charge on any atom is 0.158 e. The van der Waals surface area contributed by atoms with Crippen LogP contribution >= 0.6 is 11.6 Å². The van der Waals surface area contributed by atoms with Gasteiger partial charge in [-0.1, -0.05) is 11.6 Å². The zero-order valence-corrected chi connectivity index (χ0v) is 12.0. The summed E-state index contributed by atoms with van der Waals surface area (Å²) in [6.45, 7) is 4.04. The topological polar surface area (TPSA) is 47.0 Å². The molecular weight excluding hydrogens is 262 g/mol. The van der Waals surface area contributed by atoms with Crippen LogP contribution in [-0.4, -0.2) is 23.1 Å². The highest BCUT2D eigenvalue weighted by molar-refractivity contribution is 6.29. The Labute approximate surface area is 118 Å². The second-order valence-electron chi connectivity index (χ2n) is 5.62. The molecular formula is C14H20ClN3O. The Morgan fingerprint density at radius 2 is 2.21 bits per heavy atom. The third-order valence-corrected chi connectivity index (χ3v) is 4.33. The number of hydrogen-bond donors (Lipinski definition) is 1. The van der Waals surface area contributed by atoms with E-state index in [2.05, 4.69) is 15.3 Å². The highest BCUT2D eigenvalue weighted by Gasteiger charge is 2.53. The molecule has 0 aliphatic heterocycles. The molecule has 104 valence electrons. The molecule has 2 fully saturated rings. The van der Waals surface area contributed by atoms with Crippen LogP contribution in [-0.2, 0) is 11.3 Å². The molecule has 3 rings (SSSR count). The monoisotopic (exact) mass is 281 g/mol. The van der Waals surface area contributed by atoms with Crippen molar-refractivity contribution in [3.8, 4) is 0 Å². The summed E-state index contributed by atoms with van der Waals surface area (Å²) >= 11 is 6.02. The summed E-state index contributed by atoms with van der Waals surface area (Å²) < 4.78 is 5.32. The lowest BCUT2D eigenvalue weighted by molar-refractivity contribution is 0.128. The second-order valence-corrected chi connectivity index (χ2v) is 6.01. The minimum atomic E-state index is 0.416. The van der Waals surface area contributed by atoms with Crippen LogP contribution in [0.1, 0.15) is 38.4 Å². The molecule has 0 spiro atoms. The molecule has 1 heterocycles. The standard InChI is InChI=1S/C14H20ClN3O/c1-2-19-8-13-17-11(15)7-12(18-13)16-9-14(5-6-14)10-3-4-10/h7,10H,2-6,8-9H2,1H3,(H,16,17,18). The number of halogens is 1. The number of nitrogens with zero attached hydrogens (tertiary/aromatic N) is 2. The van der Waals surface area contributed by atoms with Gasteiger partial charge in [0.05, 0.1) is 0 Å². The zero-order valence-electron chi connectivity index (χ0n) is 11.3. The Balaban J connectivity index is 1.61. The lowest BCUT2D eigenvalue weighted by Crippen LogP contribution is -2.18. The normalized spacial score (nSPS) is 20.3. The summed E-state index contributed by atoms with van der Waals surface area (Å²) in [5.74, 6) is 2.41. The summed E-state index contributed by atoms with van der Waals surface area (Å²) in [5, 5.41) is 3.91. The van der Waals surface area contributed by atoms with E-state index in [4.69, 9.17) is 16.3 Å². The van der Waals surface area contributed by atoms with E-state index in [9.17, 15) is 0 Å². The smallest absolute Gasteiger partial charge is 0.158 e. The molecule has 1 aromatic heterocycles. The van der Waals surface area contributed by atoms with Gasteiger partial charge >= 0.3 is 0 Å². The molecule has 0 saturated heterocycles. The van der Waals surface area contributed by atoms with Crippen LogP contribution < -0.4 is 5.32 Å².